The first-order chi connectivity index (χ1) is 7.81. The van der Waals surface area contributed by atoms with E-state index in [9.17, 15) is 0 Å². The highest BCUT2D eigenvalue weighted by Crippen LogP contribution is 2.21. The predicted octanol–water partition coefficient (Wildman–Crippen LogP) is 3.22. The van der Waals surface area contributed by atoms with Gasteiger partial charge in [-0.3, -0.25) is 5.10 Å². The summed E-state index contributed by atoms with van der Waals surface area (Å²) < 4.78 is 1.06. The van der Waals surface area contributed by atoms with Gasteiger partial charge in [-0.1, -0.05) is 25.6 Å². The fourth-order valence-corrected chi connectivity index (χ4v) is 1.92. The molecule has 0 saturated carbocycles. The third kappa shape index (κ3) is 3.18. The van der Waals surface area contributed by atoms with Gasteiger partial charge in [-0.25, -0.2) is 9.97 Å². The zero-order valence-electron chi connectivity index (χ0n) is 9.36. The van der Waals surface area contributed by atoms with Crippen LogP contribution in [0.1, 0.15) is 13.8 Å². The molecule has 0 aliphatic rings. The molecule has 0 atom stereocenters. The van der Waals surface area contributed by atoms with E-state index in [1.165, 1.54) is 11.8 Å². The number of aromatic amines is 1. The van der Waals surface area contributed by atoms with E-state index in [-0.39, 0.29) is 0 Å². The summed E-state index contributed by atoms with van der Waals surface area (Å²) in [6.07, 6.45) is 5.49. The first-order valence-electron chi connectivity index (χ1n) is 4.87. The molecular formula is C10H13IN4S. The second kappa shape index (κ2) is 6.85. The topological polar surface area (TPSA) is 54.5 Å². The lowest BCUT2D eigenvalue weighted by atomic mass is 10.3. The molecule has 2 aromatic rings. The van der Waals surface area contributed by atoms with Crippen LogP contribution in [0.25, 0.3) is 11.4 Å². The Labute approximate surface area is 113 Å². The summed E-state index contributed by atoms with van der Waals surface area (Å²) in [5.74, 6) is 0. The van der Waals surface area contributed by atoms with E-state index < -0.39 is 0 Å². The van der Waals surface area contributed by atoms with Crippen molar-refractivity contribution in [1.29, 1.82) is 0 Å². The highest BCUT2D eigenvalue weighted by atomic mass is 127. The van der Waals surface area contributed by atoms with Crippen molar-refractivity contribution in [3.63, 3.8) is 0 Å². The van der Waals surface area contributed by atoms with Gasteiger partial charge in [0.25, 0.3) is 0 Å². The summed E-state index contributed by atoms with van der Waals surface area (Å²) in [5, 5.41) is 7.64. The van der Waals surface area contributed by atoms with E-state index in [0.29, 0.717) is 0 Å². The fraction of sp³-hybridized carbons (Fsp3) is 0.300. The molecule has 6 heteroatoms. The lowest BCUT2D eigenvalue weighted by Crippen LogP contribution is -1.90. The van der Waals surface area contributed by atoms with E-state index in [4.69, 9.17) is 0 Å². The number of hydrogen-bond acceptors (Lipinski definition) is 4. The quantitative estimate of drug-likeness (QED) is 0.514. The number of nitrogens with zero attached hydrogens (tertiary/aromatic N) is 3. The van der Waals surface area contributed by atoms with Crippen molar-refractivity contribution in [2.75, 3.05) is 6.26 Å². The van der Waals surface area contributed by atoms with Gasteiger partial charge in [0.15, 0.2) is 5.16 Å². The molecule has 86 valence electrons. The van der Waals surface area contributed by atoms with Crippen molar-refractivity contribution in [3.05, 3.63) is 22.0 Å². The molecule has 0 aromatic carbocycles. The molecule has 0 aliphatic carbocycles. The van der Waals surface area contributed by atoms with Crippen LogP contribution in [0, 0.1) is 3.57 Å². The Morgan fingerprint density at radius 1 is 1.38 bits per heavy atom. The number of rotatable bonds is 2. The van der Waals surface area contributed by atoms with Gasteiger partial charge in [0, 0.05) is 6.20 Å². The number of aromatic nitrogens is 4. The lowest BCUT2D eigenvalue weighted by Gasteiger charge is -1.99. The Bertz CT molecular complexity index is 444. The van der Waals surface area contributed by atoms with Crippen molar-refractivity contribution < 1.29 is 0 Å². The van der Waals surface area contributed by atoms with Gasteiger partial charge in [-0.05, 0) is 34.9 Å². The summed E-state index contributed by atoms with van der Waals surface area (Å²) in [5.41, 5.74) is 1.83. The van der Waals surface area contributed by atoms with E-state index in [1.807, 2.05) is 26.2 Å². The lowest BCUT2D eigenvalue weighted by molar-refractivity contribution is 0.966. The van der Waals surface area contributed by atoms with Crippen molar-refractivity contribution in [3.8, 4) is 11.4 Å². The Morgan fingerprint density at radius 2 is 2.12 bits per heavy atom. The molecule has 4 nitrogen and oxygen atoms in total. The molecule has 0 spiro atoms. The Hall–Kier alpha value is -0.630. The normalized spacial score (nSPS) is 9.50. The van der Waals surface area contributed by atoms with Crippen LogP contribution < -0.4 is 0 Å². The molecule has 0 fully saturated rings. The van der Waals surface area contributed by atoms with Crippen LogP contribution in [0.4, 0.5) is 0 Å². The molecule has 0 amide bonds. The number of halogens is 1. The van der Waals surface area contributed by atoms with Gasteiger partial charge in [0.1, 0.15) is 0 Å². The molecule has 2 rings (SSSR count). The minimum atomic E-state index is 0.771. The fourth-order valence-electron chi connectivity index (χ4n) is 1.03. The van der Waals surface area contributed by atoms with Gasteiger partial charge >= 0.3 is 0 Å². The minimum Gasteiger partial charge on any atom is -0.275 e. The van der Waals surface area contributed by atoms with Gasteiger partial charge in [0.2, 0.25) is 0 Å². The van der Waals surface area contributed by atoms with E-state index in [2.05, 4.69) is 42.8 Å². The molecule has 0 aliphatic heterocycles. The Balaban J connectivity index is 0.000000606. The molecule has 16 heavy (non-hydrogen) atoms. The highest BCUT2D eigenvalue weighted by molar-refractivity contribution is 14.1. The van der Waals surface area contributed by atoms with Crippen molar-refractivity contribution in [1.82, 2.24) is 20.2 Å². The van der Waals surface area contributed by atoms with Gasteiger partial charge in [-0.2, -0.15) is 5.10 Å². The molecule has 0 radical (unpaired) electrons. The van der Waals surface area contributed by atoms with Gasteiger partial charge < -0.3 is 0 Å². The minimum absolute atomic E-state index is 0.771. The standard InChI is InChI=1S/C8H7IN4S.C2H6/c1-14-8-10-3-2-6(12-8)7-5(9)4-11-13-7;1-2/h2-4H,1H3,(H,11,13);1-2H3. The average molecular weight is 348 g/mol. The molecule has 0 unspecified atom stereocenters. The molecule has 2 heterocycles. The maximum atomic E-state index is 4.37. The van der Waals surface area contributed by atoms with Gasteiger partial charge in [0.05, 0.1) is 21.2 Å². The molecular weight excluding hydrogens is 335 g/mol. The molecule has 0 bridgehead atoms. The third-order valence-corrected chi connectivity index (χ3v) is 3.05. The van der Waals surface area contributed by atoms with E-state index in [0.717, 1.165) is 20.1 Å². The molecule has 0 saturated heterocycles. The second-order valence-electron chi connectivity index (χ2n) is 2.52. The van der Waals surface area contributed by atoms with Crippen LogP contribution in [0.2, 0.25) is 0 Å². The van der Waals surface area contributed by atoms with Crippen LogP contribution in [-0.4, -0.2) is 26.4 Å². The third-order valence-electron chi connectivity index (χ3n) is 1.67. The van der Waals surface area contributed by atoms with Crippen molar-refractivity contribution >= 4 is 34.4 Å². The van der Waals surface area contributed by atoms with Crippen LogP contribution in [-0.2, 0) is 0 Å². The largest absolute Gasteiger partial charge is 0.275 e. The summed E-state index contributed by atoms with van der Waals surface area (Å²) in [6.45, 7) is 4.00. The summed E-state index contributed by atoms with van der Waals surface area (Å²) in [7, 11) is 0. The first-order valence-corrected chi connectivity index (χ1v) is 7.18. The Kier molecular flexibility index (Phi) is 5.75. The highest BCUT2D eigenvalue weighted by Gasteiger charge is 2.06. The maximum absolute atomic E-state index is 4.37. The SMILES string of the molecule is CC.CSc1nccc(-c2[nH]ncc2I)n1. The van der Waals surface area contributed by atoms with Gasteiger partial charge in [-0.15, -0.1) is 0 Å². The van der Waals surface area contributed by atoms with Crippen LogP contribution in [0.15, 0.2) is 23.6 Å². The monoisotopic (exact) mass is 348 g/mol. The van der Waals surface area contributed by atoms with Crippen LogP contribution in [0.3, 0.4) is 0 Å². The predicted molar refractivity (Wildman–Crippen MR) is 75.5 cm³/mol. The average Bonchev–Trinajstić information content (AvgIpc) is 2.78. The first kappa shape index (κ1) is 13.4. The number of thioether (sulfide) groups is 1. The zero-order chi connectivity index (χ0) is 12.0. The van der Waals surface area contributed by atoms with Crippen LogP contribution >= 0.6 is 34.4 Å². The van der Waals surface area contributed by atoms with Crippen LogP contribution in [0.5, 0.6) is 0 Å². The van der Waals surface area contributed by atoms with Crippen molar-refractivity contribution in [2.24, 2.45) is 0 Å². The smallest absolute Gasteiger partial charge is 0.187 e. The van der Waals surface area contributed by atoms with Crippen molar-refractivity contribution in [2.45, 2.75) is 19.0 Å². The number of hydrogen-bond donors (Lipinski definition) is 1. The maximum Gasteiger partial charge on any atom is 0.187 e. The summed E-state index contributed by atoms with van der Waals surface area (Å²) in [4.78, 5) is 8.48. The second-order valence-corrected chi connectivity index (χ2v) is 4.46. The Morgan fingerprint density at radius 3 is 2.69 bits per heavy atom. The number of H-pyrrole nitrogens is 1. The number of nitrogens with one attached hydrogen (secondary N) is 1. The molecule has 1 N–H and O–H groups in total. The summed E-state index contributed by atoms with van der Waals surface area (Å²) in [6, 6.07) is 1.87. The summed E-state index contributed by atoms with van der Waals surface area (Å²) >= 11 is 3.75. The molecule has 2 aromatic heterocycles. The van der Waals surface area contributed by atoms with E-state index >= 15 is 0 Å². The van der Waals surface area contributed by atoms with E-state index in [1.54, 1.807) is 12.4 Å². The zero-order valence-corrected chi connectivity index (χ0v) is 12.3.